The van der Waals surface area contributed by atoms with Gasteiger partial charge in [-0.1, -0.05) is 11.6 Å². The van der Waals surface area contributed by atoms with Gasteiger partial charge in [0.1, 0.15) is 15.6 Å². The Hall–Kier alpha value is -2.16. The van der Waals surface area contributed by atoms with Gasteiger partial charge >= 0.3 is 6.09 Å². The maximum Gasteiger partial charge on any atom is 0.410 e. The number of thiophene rings is 1. The number of fused-ring (bicyclic) bond motifs is 2. The van der Waals surface area contributed by atoms with E-state index in [1.807, 2.05) is 39.0 Å². The number of rotatable bonds is 2. The molecule has 30 heavy (non-hydrogen) atoms. The molecule has 0 unspecified atom stereocenters. The van der Waals surface area contributed by atoms with Gasteiger partial charge in [0.25, 0.3) is 0 Å². The Morgan fingerprint density at radius 3 is 2.73 bits per heavy atom. The molecule has 0 atom stereocenters. The van der Waals surface area contributed by atoms with E-state index in [1.54, 1.807) is 16.2 Å². The fourth-order valence-corrected chi connectivity index (χ4v) is 5.93. The number of anilines is 1. The molecule has 0 saturated carbocycles. The SMILES string of the molecule is CC(=O)Nc1sc2c(c1-c1nc3cc(Cl)ccc3s1)CCN(C(=O)OC(C)(C)C)C2. The van der Waals surface area contributed by atoms with Crippen molar-refractivity contribution in [3.8, 4) is 10.6 Å². The van der Waals surface area contributed by atoms with Gasteiger partial charge in [-0.25, -0.2) is 9.78 Å². The zero-order valence-corrected chi connectivity index (χ0v) is 19.6. The Bertz CT molecular complexity index is 1150. The lowest BCUT2D eigenvalue weighted by molar-refractivity contribution is -0.114. The third-order valence-electron chi connectivity index (χ3n) is 4.56. The molecule has 0 aliphatic carbocycles. The van der Waals surface area contributed by atoms with Crippen LogP contribution in [0.3, 0.4) is 0 Å². The van der Waals surface area contributed by atoms with Crippen molar-refractivity contribution >= 4 is 61.5 Å². The van der Waals surface area contributed by atoms with E-state index in [-0.39, 0.29) is 12.0 Å². The standard InChI is InChI=1S/C21H22ClN3O3S2/c1-11(26)23-18-17(19-24-14-9-12(22)5-6-15(14)29-19)13-7-8-25(10-16(13)30-18)20(27)28-21(2,3)4/h5-6,9H,7-8,10H2,1-4H3,(H,23,26). The van der Waals surface area contributed by atoms with Crippen LogP contribution in [-0.4, -0.2) is 34.0 Å². The number of aromatic nitrogens is 1. The zero-order valence-electron chi connectivity index (χ0n) is 17.2. The van der Waals surface area contributed by atoms with Gasteiger partial charge < -0.3 is 15.0 Å². The molecular weight excluding hydrogens is 442 g/mol. The molecule has 0 radical (unpaired) electrons. The van der Waals surface area contributed by atoms with Crippen LogP contribution in [0.4, 0.5) is 9.80 Å². The quantitative estimate of drug-likeness (QED) is 0.511. The van der Waals surface area contributed by atoms with E-state index in [9.17, 15) is 9.59 Å². The predicted molar refractivity (Wildman–Crippen MR) is 123 cm³/mol. The topological polar surface area (TPSA) is 71.5 Å². The van der Waals surface area contributed by atoms with Crippen LogP contribution in [0.1, 0.15) is 38.1 Å². The molecule has 0 bridgehead atoms. The monoisotopic (exact) mass is 463 g/mol. The van der Waals surface area contributed by atoms with Gasteiger partial charge in [-0.3, -0.25) is 4.79 Å². The average molecular weight is 464 g/mol. The van der Waals surface area contributed by atoms with Gasteiger partial charge in [-0.15, -0.1) is 22.7 Å². The molecule has 2 aromatic heterocycles. The fraction of sp³-hybridized carbons (Fsp3) is 0.381. The van der Waals surface area contributed by atoms with E-state index in [4.69, 9.17) is 21.3 Å². The lowest BCUT2D eigenvalue weighted by Crippen LogP contribution is -2.39. The largest absolute Gasteiger partial charge is 0.444 e. The molecule has 1 aliphatic heterocycles. The molecule has 1 aromatic carbocycles. The molecule has 0 spiro atoms. The number of thiazole rings is 1. The van der Waals surface area contributed by atoms with E-state index in [1.165, 1.54) is 18.3 Å². The average Bonchev–Trinajstić information content (AvgIpc) is 3.18. The second-order valence-electron chi connectivity index (χ2n) is 8.17. The molecule has 1 N–H and O–H groups in total. The van der Waals surface area contributed by atoms with Crippen LogP contribution in [0, 0.1) is 0 Å². The van der Waals surface area contributed by atoms with Gasteiger partial charge in [0.05, 0.1) is 16.8 Å². The minimum absolute atomic E-state index is 0.136. The van der Waals surface area contributed by atoms with Crippen molar-refractivity contribution in [2.45, 2.75) is 46.3 Å². The van der Waals surface area contributed by atoms with Crippen LogP contribution in [0.15, 0.2) is 18.2 Å². The molecule has 4 rings (SSSR count). The number of hydrogen-bond donors (Lipinski definition) is 1. The molecular formula is C21H22ClN3O3S2. The molecule has 6 nitrogen and oxygen atoms in total. The Kier molecular flexibility index (Phi) is 5.50. The fourth-order valence-electron chi connectivity index (χ4n) is 3.37. The number of nitrogens with one attached hydrogen (secondary N) is 1. The number of halogens is 1. The number of carbonyl (C=O) groups excluding carboxylic acids is 2. The first-order chi connectivity index (χ1) is 14.1. The minimum atomic E-state index is -0.540. The van der Waals surface area contributed by atoms with E-state index >= 15 is 0 Å². The molecule has 2 amide bonds. The van der Waals surface area contributed by atoms with Crippen LogP contribution in [0.5, 0.6) is 0 Å². The first-order valence-corrected chi connectivity index (χ1v) is 11.6. The highest BCUT2D eigenvalue weighted by molar-refractivity contribution is 7.23. The van der Waals surface area contributed by atoms with Crippen molar-refractivity contribution in [2.75, 3.05) is 11.9 Å². The Morgan fingerprint density at radius 1 is 1.27 bits per heavy atom. The van der Waals surface area contributed by atoms with Crippen LogP contribution in [0.2, 0.25) is 5.02 Å². The summed E-state index contributed by atoms with van der Waals surface area (Å²) in [4.78, 5) is 31.9. The first-order valence-electron chi connectivity index (χ1n) is 9.57. The summed E-state index contributed by atoms with van der Waals surface area (Å²) in [6.45, 7) is 8.08. The molecule has 3 aromatic rings. The zero-order chi connectivity index (χ0) is 21.6. The van der Waals surface area contributed by atoms with Gasteiger partial charge in [-0.05, 0) is 51.0 Å². The van der Waals surface area contributed by atoms with Crippen LogP contribution in [-0.2, 0) is 22.5 Å². The van der Waals surface area contributed by atoms with Crippen LogP contribution >= 0.6 is 34.3 Å². The number of amides is 2. The Balaban J connectivity index is 1.73. The predicted octanol–water partition coefficient (Wildman–Crippen LogP) is 5.93. The van der Waals surface area contributed by atoms with Crippen molar-refractivity contribution in [1.29, 1.82) is 0 Å². The second kappa shape index (κ2) is 7.83. The third kappa shape index (κ3) is 4.31. The Labute approximate surface area is 187 Å². The molecule has 1 aliphatic rings. The molecule has 3 heterocycles. The molecule has 158 valence electrons. The van der Waals surface area contributed by atoms with Crippen molar-refractivity contribution < 1.29 is 14.3 Å². The van der Waals surface area contributed by atoms with Gasteiger partial charge in [0.2, 0.25) is 5.91 Å². The summed E-state index contributed by atoms with van der Waals surface area (Å²) in [7, 11) is 0. The first kappa shape index (κ1) is 21.1. The summed E-state index contributed by atoms with van der Waals surface area (Å²) in [5.41, 5.74) is 2.38. The summed E-state index contributed by atoms with van der Waals surface area (Å²) in [5, 5.41) is 5.21. The van der Waals surface area contributed by atoms with E-state index in [0.717, 1.165) is 36.2 Å². The molecule has 0 fully saturated rings. The van der Waals surface area contributed by atoms with Gasteiger partial charge in [0, 0.05) is 28.9 Å². The highest BCUT2D eigenvalue weighted by Gasteiger charge is 2.31. The van der Waals surface area contributed by atoms with E-state index < -0.39 is 5.60 Å². The second-order valence-corrected chi connectivity index (χ2v) is 10.7. The maximum absolute atomic E-state index is 12.5. The van der Waals surface area contributed by atoms with Crippen molar-refractivity contribution in [1.82, 2.24) is 9.88 Å². The van der Waals surface area contributed by atoms with Crippen LogP contribution < -0.4 is 5.32 Å². The lowest BCUT2D eigenvalue weighted by Gasteiger charge is -2.30. The van der Waals surface area contributed by atoms with Crippen molar-refractivity contribution in [3.63, 3.8) is 0 Å². The minimum Gasteiger partial charge on any atom is -0.444 e. The van der Waals surface area contributed by atoms with E-state index in [2.05, 4.69) is 5.32 Å². The summed E-state index contributed by atoms with van der Waals surface area (Å²) < 4.78 is 6.57. The lowest BCUT2D eigenvalue weighted by atomic mass is 10.0. The molecule has 0 saturated heterocycles. The molecule has 9 heteroatoms. The number of carbonyl (C=O) groups is 2. The highest BCUT2D eigenvalue weighted by Crippen LogP contribution is 2.46. The third-order valence-corrected chi connectivity index (χ3v) is 6.98. The summed E-state index contributed by atoms with van der Waals surface area (Å²) in [6.07, 6.45) is 0.357. The number of nitrogens with zero attached hydrogens (tertiary/aromatic N) is 2. The summed E-state index contributed by atoms with van der Waals surface area (Å²) in [6, 6.07) is 5.65. The van der Waals surface area contributed by atoms with Crippen molar-refractivity contribution in [2.24, 2.45) is 0 Å². The van der Waals surface area contributed by atoms with Crippen LogP contribution in [0.25, 0.3) is 20.8 Å². The maximum atomic E-state index is 12.5. The highest BCUT2D eigenvalue weighted by atomic mass is 35.5. The number of hydrogen-bond acceptors (Lipinski definition) is 6. The van der Waals surface area contributed by atoms with Gasteiger partial charge in [0.15, 0.2) is 0 Å². The number of ether oxygens (including phenoxy) is 1. The summed E-state index contributed by atoms with van der Waals surface area (Å²) in [5.74, 6) is -0.136. The van der Waals surface area contributed by atoms with Crippen molar-refractivity contribution in [3.05, 3.63) is 33.7 Å². The van der Waals surface area contributed by atoms with Gasteiger partial charge in [-0.2, -0.15) is 0 Å². The summed E-state index contributed by atoms with van der Waals surface area (Å²) >= 11 is 9.19. The number of benzene rings is 1. The normalized spacial score (nSPS) is 14.0. The Morgan fingerprint density at radius 2 is 2.03 bits per heavy atom. The van der Waals surface area contributed by atoms with E-state index in [0.29, 0.717) is 24.5 Å². The smallest absolute Gasteiger partial charge is 0.410 e.